The Hall–Kier alpha value is -3.54. The summed E-state index contributed by atoms with van der Waals surface area (Å²) in [5.41, 5.74) is -0.0796. The second-order valence-corrected chi connectivity index (χ2v) is 6.01. The van der Waals surface area contributed by atoms with E-state index in [1.54, 1.807) is 6.92 Å². The van der Waals surface area contributed by atoms with Gasteiger partial charge < -0.3 is 15.0 Å². The minimum atomic E-state index is -1.69. The SMILES string of the molecule is CCCN(CC(=O)Nc1ccc(F)c(F)c1F)C(=O)COc1ccc(C#N)cc1. The highest BCUT2D eigenvalue weighted by Crippen LogP contribution is 2.19. The van der Waals surface area contributed by atoms with E-state index in [9.17, 15) is 22.8 Å². The summed E-state index contributed by atoms with van der Waals surface area (Å²) in [7, 11) is 0. The molecule has 0 aromatic heterocycles. The van der Waals surface area contributed by atoms with Crippen molar-refractivity contribution in [3.05, 3.63) is 59.4 Å². The van der Waals surface area contributed by atoms with E-state index in [0.717, 1.165) is 6.07 Å². The standard InChI is InChI=1S/C20H18F3N3O3/c1-2-9-26(18(28)12-29-14-5-3-13(10-24)4-6-14)11-17(27)25-16-8-7-15(21)19(22)20(16)23/h3-8H,2,9,11-12H2,1H3,(H,25,27). The van der Waals surface area contributed by atoms with Crippen LogP contribution in [-0.4, -0.2) is 36.4 Å². The highest BCUT2D eigenvalue weighted by Gasteiger charge is 2.20. The third kappa shape index (κ3) is 5.97. The first-order valence-electron chi connectivity index (χ1n) is 8.69. The molecule has 2 rings (SSSR count). The zero-order chi connectivity index (χ0) is 21.4. The molecule has 0 saturated carbocycles. The average Bonchev–Trinajstić information content (AvgIpc) is 2.72. The van der Waals surface area contributed by atoms with Gasteiger partial charge in [-0.15, -0.1) is 0 Å². The predicted octanol–water partition coefficient (Wildman–Crippen LogP) is 3.23. The number of amides is 2. The third-order valence-electron chi connectivity index (χ3n) is 3.84. The van der Waals surface area contributed by atoms with Crippen molar-refractivity contribution >= 4 is 17.5 Å². The lowest BCUT2D eigenvalue weighted by Crippen LogP contribution is -2.41. The first kappa shape index (κ1) is 21.8. The molecule has 1 N–H and O–H groups in total. The Morgan fingerprint density at radius 3 is 2.41 bits per heavy atom. The number of anilines is 1. The molecule has 0 aliphatic carbocycles. The molecule has 0 bridgehead atoms. The van der Waals surface area contributed by atoms with Crippen LogP contribution in [0.5, 0.6) is 5.75 Å². The summed E-state index contributed by atoms with van der Waals surface area (Å²) in [6.07, 6.45) is 0.551. The fourth-order valence-electron chi connectivity index (χ4n) is 2.41. The summed E-state index contributed by atoms with van der Waals surface area (Å²) in [5, 5.41) is 10.9. The van der Waals surface area contributed by atoms with Gasteiger partial charge in [0, 0.05) is 6.54 Å². The van der Waals surface area contributed by atoms with E-state index in [2.05, 4.69) is 5.32 Å². The van der Waals surface area contributed by atoms with Crippen molar-refractivity contribution in [3.8, 4) is 11.8 Å². The molecule has 152 valence electrons. The number of hydrogen-bond donors (Lipinski definition) is 1. The summed E-state index contributed by atoms with van der Waals surface area (Å²) < 4.78 is 45.3. The number of nitrogens with one attached hydrogen (secondary N) is 1. The molecule has 0 atom stereocenters. The van der Waals surface area contributed by atoms with E-state index >= 15 is 0 Å². The van der Waals surface area contributed by atoms with E-state index in [-0.39, 0.29) is 13.2 Å². The number of ether oxygens (including phenoxy) is 1. The zero-order valence-corrected chi connectivity index (χ0v) is 15.5. The van der Waals surface area contributed by atoms with E-state index in [0.29, 0.717) is 23.8 Å². The first-order chi connectivity index (χ1) is 13.8. The normalized spacial score (nSPS) is 10.2. The molecule has 29 heavy (non-hydrogen) atoms. The van der Waals surface area contributed by atoms with Crippen LogP contribution in [0.1, 0.15) is 18.9 Å². The van der Waals surface area contributed by atoms with Crippen LogP contribution in [0.15, 0.2) is 36.4 Å². The smallest absolute Gasteiger partial charge is 0.260 e. The second-order valence-electron chi connectivity index (χ2n) is 6.01. The zero-order valence-electron chi connectivity index (χ0n) is 15.5. The Labute approximate surface area is 165 Å². The number of rotatable bonds is 8. The van der Waals surface area contributed by atoms with Crippen molar-refractivity contribution in [1.82, 2.24) is 4.90 Å². The van der Waals surface area contributed by atoms with E-state index in [1.165, 1.54) is 29.2 Å². The average molecular weight is 405 g/mol. The molecular formula is C20H18F3N3O3. The molecule has 0 radical (unpaired) electrons. The number of carbonyl (C=O) groups excluding carboxylic acids is 2. The van der Waals surface area contributed by atoms with Crippen molar-refractivity contribution in [1.29, 1.82) is 5.26 Å². The van der Waals surface area contributed by atoms with Gasteiger partial charge in [-0.3, -0.25) is 9.59 Å². The van der Waals surface area contributed by atoms with Crippen molar-refractivity contribution in [2.24, 2.45) is 0 Å². The minimum Gasteiger partial charge on any atom is -0.484 e. The molecule has 0 saturated heterocycles. The number of nitrogens with zero attached hydrogens (tertiary/aromatic N) is 2. The van der Waals surface area contributed by atoms with E-state index in [4.69, 9.17) is 10.00 Å². The van der Waals surface area contributed by atoms with Crippen LogP contribution in [0.4, 0.5) is 18.9 Å². The van der Waals surface area contributed by atoms with Gasteiger partial charge in [-0.25, -0.2) is 13.2 Å². The van der Waals surface area contributed by atoms with Gasteiger partial charge in [0.2, 0.25) is 5.91 Å². The van der Waals surface area contributed by atoms with Crippen LogP contribution in [0.3, 0.4) is 0 Å². The van der Waals surface area contributed by atoms with Gasteiger partial charge in [-0.05, 0) is 42.8 Å². The van der Waals surface area contributed by atoms with Gasteiger partial charge in [0.15, 0.2) is 24.1 Å². The quantitative estimate of drug-likeness (QED) is 0.684. The summed E-state index contributed by atoms with van der Waals surface area (Å²) in [4.78, 5) is 25.7. The molecule has 2 amide bonds. The van der Waals surface area contributed by atoms with Crippen molar-refractivity contribution in [2.45, 2.75) is 13.3 Å². The molecule has 0 unspecified atom stereocenters. The van der Waals surface area contributed by atoms with Gasteiger partial charge in [0.1, 0.15) is 5.75 Å². The fraction of sp³-hybridized carbons (Fsp3) is 0.250. The van der Waals surface area contributed by atoms with E-state index < -0.39 is 41.5 Å². The molecule has 2 aromatic carbocycles. The molecule has 0 fully saturated rings. The summed E-state index contributed by atoms with van der Waals surface area (Å²) in [5.74, 6) is -5.46. The van der Waals surface area contributed by atoms with Gasteiger partial charge >= 0.3 is 0 Å². The number of carbonyl (C=O) groups is 2. The molecule has 0 aliphatic heterocycles. The van der Waals surface area contributed by atoms with Crippen LogP contribution in [0.25, 0.3) is 0 Å². The van der Waals surface area contributed by atoms with Crippen LogP contribution in [0.2, 0.25) is 0 Å². The van der Waals surface area contributed by atoms with Gasteiger partial charge in [-0.1, -0.05) is 6.92 Å². The summed E-state index contributed by atoms with van der Waals surface area (Å²) >= 11 is 0. The Morgan fingerprint density at radius 1 is 1.10 bits per heavy atom. The summed E-state index contributed by atoms with van der Waals surface area (Å²) in [6.45, 7) is 1.28. The van der Waals surface area contributed by atoms with Crippen molar-refractivity contribution in [2.75, 3.05) is 25.0 Å². The fourth-order valence-corrected chi connectivity index (χ4v) is 2.41. The highest BCUT2D eigenvalue weighted by molar-refractivity contribution is 5.94. The van der Waals surface area contributed by atoms with Crippen LogP contribution >= 0.6 is 0 Å². The van der Waals surface area contributed by atoms with Crippen LogP contribution in [-0.2, 0) is 9.59 Å². The lowest BCUT2D eigenvalue weighted by molar-refractivity contribution is -0.136. The Morgan fingerprint density at radius 2 is 1.79 bits per heavy atom. The molecule has 2 aromatic rings. The molecule has 6 nitrogen and oxygen atoms in total. The third-order valence-corrected chi connectivity index (χ3v) is 3.84. The van der Waals surface area contributed by atoms with Crippen molar-refractivity contribution < 1.29 is 27.5 Å². The Kier molecular flexibility index (Phi) is 7.60. The van der Waals surface area contributed by atoms with Gasteiger partial charge in [0.05, 0.1) is 23.9 Å². The highest BCUT2D eigenvalue weighted by atomic mass is 19.2. The summed E-state index contributed by atoms with van der Waals surface area (Å²) in [6, 6.07) is 9.69. The minimum absolute atomic E-state index is 0.239. The van der Waals surface area contributed by atoms with Gasteiger partial charge in [0.25, 0.3) is 5.91 Å². The maximum atomic E-state index is 13.7. The number of benzene rings is 2. The Bertz CT molecular complexity index is 927. The monoisotopic (exact) mass is 405 g/mol. The number of halogens is 3. The lowest BCUT2D eigenvalue weighted by atomic mass is 10.2. The lowest BCUT2D eigenvalue weighted by Gasteiger charge is -2.22. The maximum absolute atomic E-state index is 13.7. The van der Waals surface area contributed by atoms with Crippen molar-refractivity contribution in [3.63, 3.8) is 0 Å². The van der Waals surface area contributed by atoms with Crippen LogP contribution < -0.4 is 10.1 Å². The molecule has 0 aliphatic rings. The van der Waals surface area contributed by atoms with E-state index in [1.807, 2.05) is 6.07 Å². The molecule has 9 heteroatoms. The molecule has 0 heterocycles. The first-order valence-corrected chi connectivity index (χ1v) is 8.69. The largest absolute Gasteiger partial charge is 0.484 e. The maximum Gasteiger partial charge on any atom is 0.260 e. The molecular weight excluding hydrogens is 387 g/mol. The predicted molar refractivity (Wildman–Crippen MR) is 98.5 cm³/mol. The second kappa shape index (κ2) is 10.1. The number of nitriles is 1. The number of hydrogen-bond acceptors (Lipinski definition) is 4. The Balaban J connectivity index is 1.97. The van der Waals surface area contributed by atoms with Crippen LogP contribution in [0, 0.1) is 28.8 Å². The molecule has 0 spiro atoms. The van der Waals surface area contributed by atoms with Gasteiger partial charge in [-0.2, -0.15) is 5.26 Å². The topological polar surface area (TPSA) is 82.4 Å².